The van der Waals surface area contributed by atoms with E-state index in [0.717, 1.165) is 25.7 Å². The third kappa shape index (κ3) is 5.32. The average Bonchev–Trinajstić information content (AvgIpc) is 3.53. The maximum atomic E-state index is 12.6. The minimum absolute atomic E-state index is 0.119. The zero-order chi connectivity index (χ0) is 20.1. The molecule has 2 N–H and O–H groups in total. The Labute approximate surface area is 166 Å². The number of hydrogen-bond acceptors (Lipinski definition) is 4. The van der Waals surface area contributed by atoms with Crippen molar-refractivity contribution in [2.75, 3.05) is 25.0 Å². The summed E-state index contributed by atoms with van der Waals surface area (Å²) in [5.41, 5.74) is 0.472. The van der Waals surface area contributed by atoms with E-state index in [4.69, 9.17) is 0 Å². The number of nitrogens with zero attached hydrogens (tertiary/aromatic N) is 1. The normalized spacial score (nSPS) is 18.1. The van der Waals surface area contributed by atoms with Crippen LogP contribution in [0.15, 0.2) is 29.2 Å². The molecule has 0 spiro atoms. The zero-order valence-electron chi connectivity index (χ0n) is 16.3. The summed E-state index contributed by atoms with van der Waals surface area (Å²) in [5, 5.41) is 2.84. The Hall–Kier alpha value is -1.93. The summed E-state index contributed by atoms with van der Waals surface area (Å²) in [4.78, 5) is 26.7. The van der Waals surface area contributed by atoms with E-state index in [9.17, 15) is 18.0 Å². The summed E-state index contributed by atoms with van der Waals surface area (Å²) >= 11 is 0. The molecule has 1 aliphatic heterocycles. The van der Waals surface area contributed by atoms with Crippen molar-refractivity contribution in [3.63, 3.8) is 0 Å². The quantitative estimate of drug-likeness (QED) is 0.647. The van der Waals surface area contributed by atoms with Crippen molar-refractivity contribution in [2.24, 2.45) is 11.8 Å². The van der Waals surface area contributed by atoms with Gasteiger partial charge in [-0.15, -0.1) is 0 Å². The van der Waals surface area contributed by atoms with E-state index >= 15 is 0 Å². The summed E-state index contributed by atoms with van der Waals surface area (Å²) in [6, 6.07) is 6.32. The summed E-state index contributed by atoms with van der Waals surface area (Å²) in [5.74, 6) is 0.159. The van der Waals surface area contributed by atoms with Gasteiger partial charge in [0.2, 0.25) is 21.8 Å². The third-order valence-corrected chi connectivity index (χ3v) is 6.80. The van der Waals surface area contributed by atoms with E-state index in [1.54, 1.807) is 12.1 Å². The molecule has 0 atom stereocenters. The lowest BCUT2D eigenvalue weighted by Crippen LogP contribution is -2.42. The van der Waals surface area contributed by atoms with Gasteiger partial charge in [-0.25, -0.2) is 13.1 Å². The van der Waals surface area contributed by atoms with Gasteiger partial charge < -0.3 is 10.2 Å². The van der Waals surface area contributed by atoms with Gasteiger partial charge in [-0.3, -0.25) is 9.59 Å². The van der Waals surface area contributed by atoms with Gasteiger partial charge in [0.05, 0.1) is 4.90 Å². The predicted octanol–water partition coefficient (Wildman–Crippen LogP) is 2.35. The topological polar surface area (TPSA) is 95.6 Å². The maximum Gasteiger partial charge on any atom is 0.240 e. The molecular formula is C20H29N3O4S. The Balaban J connectivity index is 1.55. The van der Waals surface area contributed by atoms with Gasteiger partial charge in [-0.2, -0.15) is 0 Å². The summed E-state index contributed by atoms with van der Waals surface area (Å²) in [7, 11) is -3.58. The SMILES string of the molecule is CCCCNS(=O)(=O)c1cccc(NC(=O)C2CCN(C(=O)C3CC3)CC2)c1. The molecule has 0 radical (unpaired) electrons. The first-order valence-corrected chi connectivity index (χ1v) is 11.6. The molecule has 8 heteroatoms. The fourth-order valence-electron chi connectivity index (χ4n) is 3.40. The van der Waals surface area contributed by atoms with Gasteiger partial charge >= 0.3 is 0 Å². The van der Waals surface area contributed by atoms with Crippen LogP contribution in [0, 0.1) is 11.8 Å². The highest BCUT2D eigenvalue weighted by Gasteiger charge is 2.36. The summed E-state index contributed by atoms with van der Waals surface area (Å²) in [6.07, 6.45) is 4.95. The molecule has 0 unspecified atom stereocenters. The number of hydrogen-bond donors (Lipinski definition) is 2. The number of nitrogens with one attached hydrogen (secondary N) is 2. The van der Waals surface area contributed by atoms with Gasteiger partial charge in [0.1, 0.15) is 0 Å². The fourth-order valence-corrected chi connectivity index (χ4v) is 4.52. The highest BCUT2D eigenvalue weighted by molar-refractivity contribution is 7.89. The van der Waals surface area contributed by atoms with Crippen LogP contribution in [0.3, 0.4) is 0 Å². The first-order chi connectivity index (χ1) is 13.4. The lowest BCUT2D eigenvalue weighted by molar-refractivity contribution is -0.135. The molecule has 0 bridgehead atoms. The summed E-state index contributed by atoms with van der Waals surface area (Å²) in [6.45, 7) is 3.62. The molecule has 1 aliphatic carbocycles. The molecule has 3 rings (SSSR count). The first kappa shape index (κ1) is 20.8. The molecule has 2 aliphatic rings. The van der Waals surface area contributed by atoms with Gasteiger partial charge in [0.15, 0.2) is 0 Å². The van der Waals surface area contributed by atoms with Gasteiger partial charge in [-0.1, -0.05) is 19.4 Å². The zero-order valence-corrected chi connectivity index (χ0v) is 17.1. The van der Waals surface area contributed by atoms with Crippen molar-refractivity contribution < 1.29 is 18.0 Å². The number of anilines is 1. The van der Waals surface area contributed by atoms with E-state index in [1.807, 2.05) is 11.8 Å². The van der Waals surface area contributed by atoms with E-state index in [1.165, 1.54) is 12.1 Å². The second-order valence-corrected chi connectivity index (χ2v) is 9.41. The summed E-state index contributed by atoms with van der Waals surface area (Å²) < 4.78 is 27.3. The van der Waals surface area contributed by atoms with Crippen molar-refractivity contribution in [1.29, 1.82) is 0 Å². The second-order valence-electron chi connectivity index (χ2n) is 7.64. The minimum Gasteiger partial charge on any atom is -0.342 e. The standard InChI is InChI=1S/C20H29N3O4S/c1-2-3-11-21-28(26,27)18-6-4-5-17(14-18)22-19(24)15-9-12-23(13-10-15)20(25)16-7-8-16/h4-6,14-16,21H,2-3,7-13H2,1H3,(H,22,24). The first-order valence-electron chi connectivity index (χ1n) is 10.1. The van der Waals surface area contributed by atoms with Crippen LogP contribution in [0.2, 0.25) is 0 Å². The fraction of sp³-hybridized carbons (Fsp3) is 0.600. The van der Waals surface area contributed by atoms with Crippen molar-refractivity contribution in [1.82, 2.24) is 9.62 Å². The molecule has 154 valence electrons. The van der Waals surface area contributed by atoms with Crippen LogP contribution in [-0.2, 0) is 19.6 Å². The molecule has 0 aromatic heterocycles. The van der Waals surface area contributed by atoms with Crippen LogP contribution in [-0.4, -0.2) is 44.8 Å². The van der Waals surface area contributed by atoms with Crippen LogP contribution in [0.25, 0.3) is 0 Å². The lowest BCUT2D eigenvalue weighted by atomic mass is 9.95. The Morgan fingerprint density at radius 3 is 2.46 bits per heavy atom. The van der Waals surface area contributed by atoms with Crippen LogP contribution in [0.5, 0.6) is 0 Å². The third-order valence-electron chi connectivity index (χ3n) is 5.34. The Morgan fingerprint density at radius 2 is 1.82 bits per heavy atom. The number of likely N-dealkylation sites (tertiary alicyclic amines) is 1. The molecule has 2 fully saturated rings. The molecule has 1 saturated heterocycles. The number of amides is 2. The number of benzene rings is 1. The van der Waals surface area contributed by atoms with Gasteiger partial charge in [0.25, 0.3) is 0 Å². The van der Waals surface area contributed by atoms with Crippen molar-refractivity contribution in [2.45, 2.75) is 50.3 Å². The number of sulfonamides is 1. The van der Waals surface area contributed by atoms with Crippen LogP contribution < -0.4 is 10.0 Å². The highest BCUT2D eigenvalue weighted by Crippen LogP contribution is 2.32. The highest BCUT2D eigenvalue weighted by atomic mass is 32.2. The Bertz CT molecular complexity index is 812. The molecular weight excluding hydrogens is 378 g/mol. The molecule has 1 aromatic rings. The van der Waals surface area contributed by atoms with Crippen molar-refractivity contribution in [3.8, 4) is 0 Å². The van der Waals surface area contributed by atoms with Crippen LogP contribution in [0.1, 0.15) is 45.4 Å². The molecule has 2 amide bonds. The van der Waals surface area contributed by atoms with Crippen molar-refractivity contribution in [3.05, 3.63) is 24.3 Å². The maximum absolute atomic E-state index is 12.6. The van der Waals surface area contributed by atoms with Crippen molar-refractivity contribution >= 4 is 27.5 Å². The van der Waals surface area contributed by atoms with Crippen LogP contribution in [0.4, 0.5) is 5.69 Å². The smallest absolute Gasteiger partial charge is 0.240 e. The second kappa shape index (κ2) is 9.05. The number of unbranched alkanes of at least 4 members (excludes halogenated alkanes) is 1. The number of carbonyl (C=O) groups is 2. The Morgan fingerprint density at radius 1 is 1.11 bits per heavy atom. The molecule has 28 heavy (non-hydrogen) atoms. The van der Waals surface area contributed by atoms with Crippen LogP contribution >= 0.6 is 0 Å². The molecule has 1 aromatic carbocycles. The van der Waals surface area contributed by atoms with E-state index in [0.29, 0.717) is 38.2 Å². The monoisotopic (exact) mass is 407 g/mol. The lowest BCUT2D eigenvalue weighted by Gasteiger charge is -2.31. The predicted molar refractivity (Wildman–Crippen MR) is 107 cm³/mol. The van der Waals surface area contributed by atoms with Gasteiger partial charge in [-0.05, 0) is 50.3 Å². The molecule has 1 heterocycles. The number of rotatable bonds is 8. The van der Waals surface area contributed by atoms with E-state index < -0.39 is 10.0 Å². The van der Waals surface area contributed by atoms with E-state index in [-0.39, 0.29) is 28.5 Å². The average molecular weight is 408 g/mol. The largest absolute Gasteiger partial charge is 0.342 e. The minimum atomic E-state index is -3.58. The van der Waals surface area contributed by atoms with Gasteiger partial charge in [0, 0.05) is 37.2 Å². The molecule has 1 saturated carbocycles. The number of carbonyl (C=O) groups excluding carboxylic acids is 2. The Kier molecular flexibility index (Phi) is 6.72. The molecule has 7 nitrogen and oxygen atoms in total. The van der Waals surface area contributed by atoms with E-state index in [2.05, 4.69) is 10.0 Å². The number of piperidine rings is 1.